The number of carbonyl (C=O) groups excluding carboxylic acids is 1. The molecule has 6 nitrogen and oxygen atoms in total. The van der Waals surface area contributed by atoms with Gasteiger partial charge in [0.05, 0.1) is 18.2 Å². The Kier molecular flexibility index (Phi) is 4.81. The maximum absolute atomic E-state index is 12.8. The minimum atomic E-state index is -0.429. The van der Waals surface area contributed by atoms with Crippen molar-refractivity contribution in [3.63, 3.8) is 0 Å². The number of oxazole rings is 1. The van der Waals surface area contributed by atoms with Crippen LogP contribution in [0.15, 0.2) is 63.8 Å². The molecule has 1 aliphatic rings. The van der Waals surface area contributed by atoms with E-state index in [1.807, 2.05) is 60.4 Å². The minimum absolute atomic E-state index is 0.0169. The lowest BCUT2D eigenvalue weighted by Crippen LogP contribution is -2.46. The van der Waals surface area contributed by atoms with Crippen LogP contribution in [0, 0.1) is 0 Å². The highest BCUT2D eigenvalue weighted by Crippen LogP contribution is 2.25. The van der Waals surface area contributed by atoms with Gasteiger partial charge in [-0.2, -0.15) is 0 Å². The first-order chi connectivity index (χ1) is 13.1. The summed E-state index contributed by atoms with van der Waals surface area (Å²) in [5.41, 5.74) is 2.32. The second-order valence-corrected chi connectivity index (χ2v) is 6.88. The summed E-state index contributed by atoms with van der Waals surface area (Å²) in [4.78, 5) is 26.7. The van der Waals surface area contributed by atoms with Crippen LogP contribution in [0.25, 0.3) is 11.1 Å². The highest BCUT2D eigenvalue weighted by Gasteiger charge is 2.29. The molecule has 0 bridgehead atoms. The van der Waals surface area contributed by atoms with Crippen molar-refractivity contribution in [2.24, 2.45) is 0 Å². The molecule has 1 aliphatic heterocycles. The molecule has 4 rings (SSSR count). The van der Waals surface area contributed by atoms with E-state index in [4.69, 9.17) is 9.15 Å². The van der Waals surface area contributed by atoms with Gasteiger partial charge in [-0.15, -0.1) is 0 Å². The lowest BCUT2D eigenvalue weighted by Gasteiger charge is -2.37. The molecule has 2 aromatic carbocycles. The van der Waals surface area contributed by atoms with E-state index in [1.165, 1.54) is 4.57 Å². The Hall–Kier alpha value is -2.86. The lowest BCUT2D eigenvalue weighted by atomic mass is 10.1. The monoisotopic (exact) mass is 366 g/mol. The number of hydrogen-bond acceptors (Lipinski definition) is 4. The number of hydrogen-bond donors (Lipinski definition) is 0. The molecule has 0 saturated carbocycles. The molecule has 2 atom stereocenters. The Morgan fingerprint density at radius 3 is 2.63 bits per heavy atom. The number of ether oxygens (including phenoxy) is 1. The van der Waals surface area contributed by atoms with E-state index < -0.39 is 5.76 Å². The van der Waals surface area contributed by atoms with Gasteiger partial charge in [0, 0.05) is 19.5 Å². The van der Waals surface area contributed by atoms with Crippen LogP contribution in [-0.4, -0.2) is 34.6 Å². The van der Waals surface area contributed by atoms with Gasteiger partial charge >= 0.3 is 5.76 Å². The summed E-state index contributed by atoms with van der Waals surface area (Å²) in [5, 5.41) is 0. The van der Waals surface area contributed by atoms with E-state index in [9.17, 15) is 9.59 Å². The van der Waals surface area contributed by atoms with Crippen molar-refractivity contribution in [1.82, 2.24) is 9.47 Å². The summed E-state index contributed by atoms with van der Waals surface area (Å²) in [6.07, 6.45) is 0.0826. The topological polar surface area (TPSA) is 64.7 Å². The largest absolute Gasteiger partial charge is 0.419 e. The SMILES string of the molecule is C[C@H]1CN(C(=O)CCn2c(=O)oc3ccccc32)C[C@H](c2ccccc2)O1. The molecule has 0 radical (unpaired) electrons. The van der Waals surface area contributed by atoms with E-state index in [0.29, 0.717) is 30.7 Å². The van der Waals surface area contributed by atoms with Gasteiger partial charge < -0.3 is 14.1 Å². The predicted octanol–water partition coefficient (Wildman–Crippen LogP) is 2.97. The van der Waals surface area contributed by atoms with Gasteiger partial charge in [0.2, 0.25) is 5.91 Å². The van der Waals surface area contributed by atoms with Crippen LogP contribution in [0.1, 0.15) is 25.0 Å². The summed E-state index contributed by atoms with van der Waals surface area (Å²) < 4.78 is 12.8. The van der Waals surface area contributed by atoms with E-state index >= 15 is 0 Å². The molecule has 0 N–H and O–H groups in total. The number of aryl methyl sites for hydroxylation is 1. The number of rotatable bonds is 4. The summed E-state index contributed by atoms with van der Waals surface area (Å²) in [5.74, 6) is -0.412. The Morgan fingerprint density at radius 2 is 1.81 bits per heavy atom. The number of nitrogens with zero attached hydrogens (tertiary/aromatic N) is 2. The van der Waals surface area contributed by atoms with Crippen LogP contribution in [0.5, 0.6) is 0 Å². The van der Waals surface area contributed by atoms with E-state index in [0.717, 1.165) is 5.56 Å². The van der Waals surface area contributed by atoms with Gasteiger partial charge in [-0.05, 0) is 24.6 Å². The first-order valence-corrected chi connectivity index (χ1v) is 9.18. The van der Waals surface area contributed by atoms with Crippen LogP contribution in [0.3, 0.4) is 0 Å². The van der Waals surface area contributed by atoms with E-state index in [-0.39, 0.29) is 24.5 Å². The number of fused-ring (bicyclic) bond motifs is 1. The van der Waals surface area contributed by atoms with Gasteiger partial charge in [0.15, 0.2) is 5.58 Å². The molecule has 140 valence electrons. The van der Waals surface area contributed by atoms with Gasteiger partial charge in [0.25, 0.3) is 0 Å². The maximum Gasteiger partial charge on any atom is 0.419 e. The third kappa shape index (κ3) is 3.66. The van der Waals surface area contributed by atoms with Gasteiger partial charge in [0.1, 0.15) is 6.10 Å². The lowest BCUT2D eigenvalue weighted by molar-refractivity contribution is -0.145. The Balaban J connectivity index is 1.46. The average Bonchev–Trinajstić information content (AvgIpc) is 3.01. The summed E-state index contributed by atoms with van der Waals surface area (Å²) in [7, 11) is 0. The van der Waals surface area contributed by atoms with Crippen LogP contribution in [-0.2, 0) is 16.1 Å². The molecule has 6 heteroatoms. The molecule has 1 fully saturated rings. The normalized spacial score (nSPS) is 20.1. The van der Waals surface area contributed by atoms with Gasteiger partial charge in [-0.1, -0.05) is 42.5 Å². The maximum atomic E-state index is 12.8. The van der Waals surface area contributed by atoms with Crippen LogP contribution < -0.4 is 5.76 Å². The molecule has 1 amide bonds. The second kappa shape index (κ2) is 7.40. The van der Waals surface area contributed by atoms with Crippen LogP contribution >= 0.6 is 0 Å². The minimum Gasteiger partial charge on any atom is -0.408 e. The number of benzene rings is 2. The van der Waals surface area contributed by atoms with Gasteiger partial charge in [-0.3, -0.25) is 9.36 Å². The van der Waals surface area contributed by atoms with E-state index in [2.05, 4.69) is 0 Å². The molecular formula is C21H22N2O4. The first-order valence-electron chi connectivity index (χ1n) is 9.18. The molecule has 0 unspecified atom stereocenters. The summed E-state index contributed by atoms with van der Waals surface area (Å²) in [6, 6.07) is 17.2. The Labute approximate surface area is 157 Å². The standard InChI is InChI=1S/C21H22N2O4/c1-15-13-22(14-19(26-15)16-7-3-2-4-8-16)20(24)11-12-23-17-9-5-6-10-18(17)27-21(23)25/h2-10,15,19H,11-14H2,1H3/t15-,19+/m0/s1. The van der Waals surface area contributed by atoms with Crippen molar-refractivity contribution >= 4 is 17.0 Å². The fourth-order valence-electron chi connectivity index (χ4n) is 3.60. The molecule has 1 aromatic heterocycles. The van der Waals surface area contributed by atoms with E-state index in [1.54, 1.807) is 6.07 Å². The number of aromatic nitrogens is 1. The van der Waals surface area contributed by atoms with Crippen LogP contribution in [0.4, 0.5) is 0 Å². The summed E-state index contributed by atoms with van der Waals surface area (Å²) >= 11 is 0. The van der Waals surface area contributed by atoms with Crippen molar-refractivity contribution in [3.05, 3.63) is 70.7 Å². The molecule has 0 spiro atoms. The van der Waals surface area contributed by atoms with Crippen molar-refractivity contribution in [2.75, 3.05) is 13.1 Å². The molecule has 3 aromatic rings. The molecule has 0 aliphatic carbocycles. The fourth-order valence-corrected chi connectivity index (χ4v) is 3.60. The van der Waals surface area contributed by atoms with Crippen molar-refractivity contribution in [3.8, 4) is 0 Å². The van der Waals surface area contributed by atoms with Crippen molar-refractivity contribution in [2.45, 2.75) is 32.1 Å². The molecule has 2 heterocycles. The zero-order valence-electron chi connectivity index (χ0n) is 15.2. The summed E-state index contributed by atoms with van der Waals surface area (Å²) in [6.45, 7) is 3.36. The fraction of sp³-hybridized carbons (Fsp3) is 0.333. The van der Waals surface area contributed by atoms with Crippen LogP contribution in [0.2, 0.25) is 0 Å². The molecule has 27 heavy (non-hydrogen) atoms. The highest BCUT2D eigenvalue weighted by molar-refractivity contribution is 5.77. The smallest absolute Gasteiger partial charge is 0.408 e. The third-order valence-electron chi connectivity index (χ3n) is 4.91. The zero-order valence-corrected chi connectivity index (χ0v) is 15.2. The third-order valence-corrected chi connectivity index (χ3v) is 4.91. The zero-order chi connectivity index (χ0) is 18.8. The quantitative estimate of drug-likeness (QED) is 0.712. The number of para-hydroxylation sites is 2. The molecular weight excluding hydrogens is 344 g/mol. The second-order valence-electron chi connectivity index (χ2n) is 6.88. The first kappa shape index (κ1) is 17.5. The Morgan fingerprint density at radius 1 is 1.07 bits per heavy atom. The van der Waals surface area contributed by atoms with Crippen molar-refractivity contribution in [1.29, 1.82) is 0 Å². The van der Waals surface area contributed by atoms with Gasteiger partial charge in [-0.25, -0.2) is 4.79 Å². The Bertz CT molecular complexity index is 992. The number of amides is 1. The highest BCUT2D eigenvalue weighted by atomic mass is 16.5. The van der Waals surface area contributed by atoms with Crippen molar-refractivity contribution < 1.29 is 13.9 Å². The number of carbonyl (C=O) groups is 1. The average molecular weight is 366 g/mol. The number of morpholine rings is 1. The molecule has 1 saturated heterocycles. The predicted molar refractivity (Wildman–Crippen MR) is 101 cm³/mol.